The number of hydrogen-bond donors (Lipinski definition) is 2. The van der Waals surface area contributed by atoms with Crippen molar-refractivity contribution in [2.75, 3.05) is 0 Å². The van der Waals surface area contributed by atoms with Gasteiger partial charge in [-0.25, -0.2) is 0 Å². The maximum Gasteiger partial charge on any atom is 0.251 e. The largest absolute Gasteiger partial charge is 0.508 e. The van der Waals surface area contributed by atoms with E-state index < -0.39 is 0 Å². The summed E-state index contributed by atoms with van der Waals surface area (Å²) in [7, 11) is 0. The minimum atomic E-state index is -0.204. The molecule has 2 aromatic rings. The van der Waals surface area contributed by atoms with E-state index in [9.17, 15) is 9.90 Å². The molecule has 2 rings (SSSR count). The molecule has 0 unspecified atom stereocenters. The van der Waals surface area contributed by atoms with Gasteiger partial charge in [0.05, 0.1) is 11.6 Å². The van der Waals surface area contributed by atoms with Gasteiger partial charge in [0.2, 0.25) is 0 Å². The second-order valence-corrected chi connectivity index (χ2v) is 4.49. The third kappa shape index (κ3) is 3.15. The van der Waals surface area contributed by atoms with Crippen LogP contribution in [0, 0.1) is 18.3 Å². The van der Waals surface area contributed by atoms with Crippen LogP contribution in [0.25, 0.3) is 0 Å². The van der Waals surface area contributed by atoms with Gasteiger partial charge in [-0.05, 0) is 48.4 Å². The number of hydrogen-bond acceptors (Lipinski definition) is 3. The number of phenols is 1. The van der Waals surface area contributed by atoms with Crippen molar-refractivity contribution in [3.63, 3.8) is 0 Å². The molecule has 0 saturated heterocycles. The zero-order valence-electron chi connectivity index (χ0n) is 11.1. The van der Waals surface area contributed by atoms with Gasteiger partial charge >= 0.3 is 0 Å². The van der Waals surface area contributed by atoms with E-state index >= 15 is 0 Å². The topological polar surface area (TPSA) is 73.1 Å². The average molecular weight is 266 g/mol. The fraction of sp³-hybridized carbons (Fsp3) is 0.125. The lowest BCUT2D eigenvalue weighted by molar-refractivity contribution is 0.0950. The first-order chi connectivity index (χ1) is 9.60. The van der Waals surface area contributed by atoms with Gasteiger partial charge in [0.15, 0.2) is 0 Å². The van der Waals surface area contributed by atoms with Gasteiger partial charge in [0.25, 0.3) is 5.91 Å². The minimum Gasteiger partial charge on any atom is -0.508 e. The van der Waals surface area contributed by atoms with Crippen LogP contribution in [0.2, 0.25) is 0 Å². The standard InChI is InChI=1S/C16H14N2O2/c1-11-7-14(19)5-6-15(11)16(20)18-10-13-4-2-3-12(8-13)9-17/h2-8,19H,10H2,1H3,(H,18,20). The van der Waals surface area contributed by atoms with Crippen molar-refractivity contribution in [1.82, 2.24) is 5.32 Å². The summed E-state index contributed by atoms with van der Waals surface area (Å²) in [5.74, 6) is -0.0642. The van der Waals surface area contributed by atoms with E-state index in [-0.39, 0.29) is 11.7 Å². The molecule has 2 N–H and O–H groups in total. The number of nitriles is 1. The number of carbonyl (C=O) groups is 1. The average Bonchev–Trinajstić information content (AvgIpc) is 2.45. The Hall–Kier alpha value is -2.80. The molecule has 0 bridgehead atoms. The van der Waals surface area contributed by atoms with Crippen LogP contribution in [0.5, 0.6) is 5.75 Å². The van der Waals surface area contributed by atoms with Gasteiger partial charge in [-0.1, -0.05) is 12.1 Å². The molecule has 100 valence electrons. The van der Waals surface area contributed by atoms with Crippen LogP contribution in [-0.4, -0.2) is 11.0 Å². The molecule has 0 spiro atoms. The number of rotatable bonds is 3. The Labute approximate surface area is 117 Å². The van der Waals surface area contributed by atoms with Crippen molar-refractivity contribution in [1.29, 1.82) is 5.26 Å². The van der Waals surface area contributed by atoms with E-state index in [0.29, 0.717) is 23.2 Å². The highest BCUT2D eigenvalue weighted by Crippen LogP contribution is 2.15. The third-order valence-corrected chi connectivity index (χ3v) is 2.96. The predicted molar refractivity (Wildman–Crippen MR) is 75.2 cm³/mol. The lowest BCUT2D eigenvalue weighted by Crippen LogP contribution is -2.23. The first kappa shape index (κ1) is 13.6. The molecule has 4 nitrogen and oxygen atoms in total. The van der Waals surface area contributed by atoms with E-state index in [1.54, 1.807) is 37.3 Å². The monoisotopic (exact) mass is 266 g/mol. The van der Waals surface area contributed by atoms with E-state index in [1.807, 2.05) is 6.07 Å². The Bertz CT molecular complexity index is 687. The number of carbonyl (C=O) groups excluding carboxylic acids is 1. The summed E-state index contributed by atoms with van der Waals surface area (Å²) in [5.41, 5.74) is 2.68. The molecule has 0 aliphatic heterocycles. The third-order valence-electron chi connectivity index (χ3n) is 2.96. The zero-order valence-corrected chi connectivity index (χ0v) is 11.1. The molecule has 0 radical (unpaired) electrons. The molecule has 4 heteroatoms. The van der Waals surface area contributed by atoms with Crippen LogP contribution in [0.15, 0.2) is 42.5 Å². The Morgan fingerprint density at radius 3 is 2.80 bits per heavy atom. The van der Waals surface area contributed by atoms with E-state index in [1.165, 1.54) is 6.07 Å². The SMILES string of the molecule is Cc1cc(O)ccc1C(=O)NCc1cccc(C#N)c1. The zero-order chi connectivity index (χ0) is 14.5. The highest BCUT2D eigenvalue weighted by atomic mass is 16.3. The fourth-order valence-corrected chi connectivity index (χ4v) is 1.93. The van der Waals surface area contributed by atoms with Crippen molar-refractivity contribution in [3.8, 4) is 11.8 Å². The van der Waals surface area contributed by atoms with Crippen LogP contribution in [0.1, 0.15) is 27.0 Å². The number of benzene rings is 2. The molecule has 0 aliphatic rings. The molecule has 0 atom stereocenters. The number of aromatic hydroxyl groups is 1. The van der Waals surface area contributed by atoms with Gasteiger partial charge in [0.1, 0.15) is 5.75 Å². The van der Waals surface area contributed by atoms with Crippen LogP contribution in [0.4, 0.5) is 0 Å². The molecular formula is C16H14N2O2. The van der Waals surface area contributed by atoms with E-state index in [0.717, 1.165) is 5.56 Å². The summed E-state index contributed by atoms with van der Waals surface area (Å²) < 4.78 is 0. The Morgan fingerprint density at radius 2 is 2.10 bits per heavy atom. The van der Waals surface area contributed by atoms with Crippen LogP contribution in [-0.2, 0) is 6.54 Å². The quantitative estimate of drug-likeness (QED) is 0.896. The first-order valence-corrected chi connectivity index (χ1v) is 6.17. The van der Waals surface area contributed by atoms with Crippen molar-refractivity contribution in [2.45, 2.75) is 13.5 Å². The molecule has 20 heavy (non-hydrogen) atoms. The number of aryl methyl sites for hydroxylation is 1. The molecular weight excluding hydrogens is 252 g/mol. The molecule has 2 aromatic carbocycles. The van der Waals surface area contributed by atoms with Crippen LogP contribution < -0.4 is 5.32 Å². The van der Waals surface area contributed by atoms with E-state index in [4.69, 9.17) is 5.26 Å². The fourth-order valence-electron chi connectivity index (χ4n) is 1.93. The lowest BCUT2D eigenvalue weighted by atomic mass is 10.1. The van der Waals surface area contributed by atoms with Gasteiger partial charge in [0, 0.05) is 12.1 Å². The van der Waals surface area contributed by atoms with E-state index in [2.05, 4.69) is 11.4 Å². The molecule has 0 fully saturated rings. The van der Waals surface area contributed by atoms with Crippen molar-refractivity contribution in [2.24, 2.45) is 0 Å². The van der Waals surface area contributed by atoms with Gasteiger partial charge in [-0.3, -0.25) is 4.79 Å². The predicted octanol–water partition coefficient (Wildman–Crippen LogP) is 2.50. The second-order valence-electron chi connectivity index (χ2n) is 4.49. The Kier molecular flexibility index (Phi) is 4.02. The number of phenolic OH excluding ortho intramolecular Hbond substituents is 1. The lowest BCUT2D eigenvalue weighted by Gasteiger charge is -2.08. The number of nitrogens with zero attached hydrogens (tertiary/aromatic N) is 1. The van der Waals surface area contributed by atoms with Gasteiger partial charge in [-0.2, -0.15) is 5.26 Å². The first-order valence-electron chi connectivity index (χ1n) is 6.17. The molecule has 0 saturated carbocycles. The summed E-state index contributed by atoms with van der Waals surface area (Å²) in [4.78, 5) is 12.0. The van der Waals surface area contributed by atoms with Crippen molar-refractivity contribution < 1.29 is 9.90 Å². The highest BCUT2D eigenvalue weighted by Gasteiger charge is 2.09. The number of amides is 1. The molecule has 0 aliphatic carbocycles. The van der Waals surface area contributed by atoms with Crippen LogP contribution >= 0.6 is 0 Å². The Morgan fingerprint density at radius 1 is 1.30 bits per heavy atom. The van der Waals surface area contributed by atoms with Crippen LogP contribution in [0.3, 0.4) is 0 Å². The maximum absolute atomic E-state index is 12.0. The summed E-state index contributed by atoms with van der Waals surface area (Å²) in [6, 6.07) is 13.8. The Balaban J connectivity index is 2.07. The van der Waals surface area contributed by atoms with Gasteiger partial charge in [-0.15, -0.1) is 0 Å². The summed E-state index contributed by atoms with van der Waals surface area (Å²) in [5, 5.41) is 20.9. The molecule has 0 heterocycles. The maximum atomic E-state index is 12.0. The molecule has 1 amide bonds. The normalized spacial score (nSPS) is 9.80. The minimum absolute atomic E-state index is 0.140. The number of nitrogens with one attached hydrogen (secondary N) is 1. The van der Waals surface area contributed by atoms with Crippen molar-refractivity contribution >= 4 is 5.91 Å². The summed E-state index contributed by atoms with van der Waals surface area (Å²) >= 11 is 0. The summed E-state index contributed by atoms with van der Waals surface area (Å²) in [6.45, 7) is 2.12. The van der Waals surface area contributed by atoms with Gasteiger partial charge < -0.3 is 10.4 Å². The van der Waals surface area contributed by atoms with Crippen molar-refractivity contribution in [3.05, 3.63) is 64.7 Å². The summed E-state index contributed by atoms with van der Waals surface area (Å²) in [6.07, 6.45) is 0. The highest BCUT2D eigenvalue weighted by molar-refractivity contribution is 5.95. The molecule has 0 aromatic heterocycles. The second kappa shape index (κ2) is 5.89. The smallest absolute Gasteiger partial charge is 0.251 e.